The number of aliphatic carboxylic acids is 1. The molecule has 0 aromatic rings. The second-order valence-corrected chi connectivity index (χ2v) is 6.20. The number of rotatable bonds is 7. The number of nitrogens with one attached hydrogen (secondary N) is 1. The first-order valence-electron chi connectivity index (χ1n) is 5.86. The number of ether oxygens (including phenoxy) is 1. The fraction of sp³-hybridized carbons (Fsp3) is 0.800. The van der Waals surface area contributed by atoms with Gasteiger partial charge in [-0.1, -0.05) is 0 Å². The van der Waals surface area contributed by atoms with Gasteiger partial charge >= 0.3 is 5.97 Å². The fourth-order valence-electron chi connectivity index (χ4n) is 1.92. The Hall–Kier alpha value is -1.19. The molecule has 1 amide bonds. The van der Waals surface area contributed by atoms with Crippen molar-refractivity contribution < 1.29 is 27.9 Å². The van der Waals surface area contributed by atoms with Crippen molar-refractivity contribution in [3.63, 3.8) is 0 Å². The van der Waals surface area contributed by atoms with Crippen LogP contribution in [0.1, 0.15) is 12.8 Å². The minimum absolute atomic E-state index is 0.0731. The molecule has 0 aromatic heterocycles. The molecule has 2 N–H and O–H groups in total. The van der Waals surface area contributed by atoms with Crippen molar-refractivity contribution in [2.45, 2.75) is 18.9 Å². The first kappa shape index (κ1) is 15.9. The summed E-state index contributed by atoms with van der Waals surface area (Å²) in [5.74, 6) is -1.45. The number of hydrogen-bond acceptors (Lipinski definition) is 5. The van der Waals surface area contributed by atoms with Gasteiger partial charge in [0.05, 0.1) is 12.9 Å². The van der Waals surface area contributed by atoms with Gasteiger partial charge in [-0.3, -0.25) is 4.79 Å². The summed E-state index contributed by atoms with van der Waals surface area (Å²) in [5, 5.41) is 10.9. The van der Waals surface area contributed by atoms with Gasteiger partial charge < -0.3 is 15.2 Å². The number of amides is 1. The molecule has 1 fully saturated rings. The van der Waals surface area contributed by atoms with Crippen molar-refractivity contribution in [1.82, 2.24) is 9.62 Å². The molecule has 1 aliphatic heterocycles. The minimum Gasteiger partial charge on any atom is -0.480 e. The summed E-state index contributed by atoms with van der Waals surface area (Å²) in [7, 11) is -3.38. The zero-order chi connectivity index (χ0) is 14.5. The van der Waals surface area contributed by atoms with Crippen LogP contribution in [0.4, 0.5) is 0 Å². The van der Waals surface area contributed by atoms with Gasteiger partial charge in [0, 0.05) is 13.1 Å². The van der Waals surface area contributed by atoms with Gasteiger partial charge in [0.15, 0.2) is 0 Å². The maximum atomic E-state index is 11.8. The van der Waals surface area contributed by atoms with E-state index in [4.69, 9.17) is 9.84 Å². The van der Waals surface area contributed by atoms with Crippen molar-refractivity contribution in [2.75, 3.05) is 32.6 Å². The smallest absolute Gasteiger partial charge is 0.329 e. The Labute approximate surface area is 111 Å². The molecular weight excluding hydrogens is 276 g/mol. The molecule has 1 atom stereocenters. The minimum atomic E-state index is -3.38. The molecule has 110 valence electrons. The van der Waals surface area contributed by atoms with Gasteiger partial charge in [0.1, 0.15) is 12.6 Å². The summed E-state index contributed by atoms with van der Waals surface area (Å²) in [6.45, 7) is 0.158. The third kappa shape index (κ3) is 5.13. The van der Waals surface area contributed by atoms with E-state index in [1.165, 1.54) is 4.31 Å². The number of carboxylic acids is 1. The fourth-order valence-corrected chi connectivity index (χ4v) is 3.05. The highest BCUT2D eigenvalue weighted by molar-refractivity contribution is 7.88. The zero-order valence-electron chi connectivity index (χ0n) is 10.7. The molecular formula is C10H18N2O6S. The highest BCUT2D eigenvalue weighted by atomic mass is 32.2. The molecule has 9 heteroatoms. The molecule has 0 spiro atoms. The lowest BCUT2D eigenvalue weighted by atomic mass is 10.2. The molecule has 19 heavy (non-hydrogen) atoms. The van der Waals surface area contributed by atoms with Crippen LogP contribution in [0.3, 0.4) is 0 Å². The average molecular weight is 294 g/mol. The van der Waals surface area contributed by atoms with E-state index in [1.54, 1.807) is 0 Å². The summed E-state index contributed by atoms with van der Waals surface area (Å²) in [6, 6.07) is -0.672. The van der Waals surface area contributed by atoms with Gasteiger partial charge in [0.25, 0.3) is 0 Å². The second kappa shape index (κ2) is 6.83. The van der Waals surface area contributed by atoms with E-state index in [-0.39, 0.29) is 19.1 Å². The van der Waals surface area contributed by atoms with Crippen LogP contribution in [0.2, 0.25) is 0 Å². The van der Waals surface area contributed by atoms with E-state index in [1.807, 2.05) is 0 Å². The molecule has 0 aromatic carbocycles. The summed E-state index contributed by atoms with van der Waals surface area (Å²) >= 11 is 0. The molecule has 0 aliphatic carbocycles. The van der Waals surface area contributed by atoms with E-state index >= 15 is 0 Å². The van der Waals surface area contributed by atoms with Gasteiger partial charge in [0.2, 0.25) is 15.9 Å². The first-order valence-corrected chi connectivity index (χ1v) is 7.71. The molecule has 1 heterocycles. The molecule has 0 saturated carbocycles. The lowest BCUT2D eigenvalue weighted by Crippen LogP contribution is -2.46. The molecule has 1 unspecified atom stereocenters. The lowest BCUT2D eigenvalue weighted by molar-refractivity contribution is -0.142. The zero-order valence-corrected chi connectivity index (χ0v) is 11.5. The maximum Gasteiger partial charge on any atom is 0.329 e. The Morgan fingerprint density at radius 1 is 1.47 bits per heavy atom. The van der Waals surface area contributed by atoms with Crippen LogP contribution in [0, 0.1) is 0 Å². The molecule has 1 saturated heterocycles. The van der Waals surface area contributed by atoms with Crippen LogP contribution >= 0.6 is 0 Å². The average Bonchev–Trinajstić information content (AvgIpc) is 2.76. The van der Waals surface area contributed by atoms with Crippen molar-refractivity contribution >= 4 is 21.9 Å². The Kier molecular flexibility index (Phi) is 5.70. The van der Waals surface area contributed by atoms with Gasteiger partial charge in [-0.25, -0.2) is 13.2 Å². The number of hydrogen-bond donors (Lipinski definition) is 2. The van der Waals surface area contributed by atoms with Crippen LogP contribution in [-0.4, -0.2) is 68.3 Å². The molecule has 8 nitrogen and oxygen atoms in total. The van der Waals surface area contributed by atoms with Crippen molar-refractivity contribution in [3.05, 3.63) is 0 Å². The number of carbonyl (C=O) groups is 2. The van der Waals surface area contributed by atoms with Crippen LogP contribution in [0.5, 0.6) is 0 Å². The van der Waals surface area contributed by atoms with E-state index < -0.39 is 28.6 Å². The summed E-state index contributed by atoms with van der Waals surface area (Å²) in [6.07, 6.45) is 2.23. The van der Waals surface area contributed by atoms with Crippen LogP contribution in [-0.2, 0) is 24.3 Å². The standard InChI is InChI=1S/C10H18N2O6S/c1-19(16,17)12-5-2-3-8(12)10(15)11-4-6-18-7-9(13)14/h8H,2-7H2,1H3,(H,11,15)(H,13,14). The largest absolute Gasteiger partial charge is 0.480 e. The quantitative estimate of drug-likeness (QED) is 0.560. The number of carbonyl (C=O) groups excluding carboxylic acids is 1. The molecule has 0 radical (unpaired) electrons. The topological polar surface area (TPSA) is 113 Å². The third-order valence-electron chi connectivity index (χ3n) is 2.70. The highest BCUT2D eigenvalue weighted by Crippen LogP contribution is 2.20. The summed E-state index contributed by atoms with van der Waals surface area (Å²) in [4.78, 5) is 22.0. The Balaban J connectivity index is 2.35. The Morgan fingerprint density at radius 3 is 2.74 bits per heavy atom. The van der Waals surface area contributed by atoms with E-state index in [2.05, 4.69) is 5.32 Å². The predicted molar refractivity (Wildman–Crippen MR) is 66.0 cm³/mol. The van der Waals surface area contributed by atoms with Crippen LogP contribution < -0.4 is 5.32 Å². The Bertz CT molecular complexity index is 435. The number of carboxylic acid groups (broad SMARTS) is 1. The van der Waals surface area contributed by atoms with Crippen molar-refractivity contribution in [1.29, 1.82) is 0 Å². The van der Waals surface area contributed by atoms with E-state index in [0.29, 0.717) is 19.4 Å². The number of sulfonamides is 1. The Morgan fingerprint density at radius 2 is 2.16 bits per heavy atom. The highest BCUT2D eigenvalue weighted by Gasteiger charge is 2.36. The molecule has 1 aliphatic rings. The lowest BCUT2D eigenvalue weighted by Gasteiger charge is -2.21. The first-order chi connectivity index (χ1) is 8.82. The van der Waals surface area contributed by atoms with Crippen molar-refractivity contribution in [2.24, 2.45) is 0 Å². The van der Waals surface area contributed by atoms with Gasteiger partial charge in [-0.15, -0.1) is 0 Å². The van der Waals surface area contributed by atoms with Crippen LogP contribution in [0.15, 0.2) is 0 Å². The van der Waals surface area contributed by atoms with Crippen LogP contribution in [0.25, 0.3) is 0 Å². The maximum absolute atomic E-state index is 11.8. The predicted octanol–water partition coefficient (Wildman–Crippen LogP) is -1.37. The van der Waals surface area contributed by atoms with Gasteiger partial charge in [-0.2, -0.15) is 4.31 Å². The van der Waals surface area contributed by atoms with Crippen molar-refractivity contribution in [3.8, 4) is 0 Å². The van der Waals surface area contributed by atoms with Gasteiger partial charge in [-0.05, 0) is 12.8 Å². The molecule has 0 bridgehead atoms. The monoisotopic (exact) mass is 294 g/mol. The summed E-state index contributed by atoms with van der Waals surface area (Å²) < 4.78 is 28.8. The van der Waals surface area contributed by atoms with E-state index in [0.717, 1.165) is 6.26 Å². The summed E-state index contributed by atoms with van der Waals surface area (Å²) in [5.41, 5.74) is 0. The normalized spacial score (nSPS) is 20.4. The molecule has 1 rings (SSSR count). The van der Waals surface area contributed by atoms with E-state index in [9.17, 15) is 18.0 Å². The third-order valence-corrected chi connectivity index (χ3v) is 3.99. The number of nitrogens with zero attached hydrogens (tertiary/aromatic N) is 1. The second-order valence-electron chi connectivity index (χ2n) is 4.27. The SMILES string of the molecule is CS(=O)(=O)N1CCCC1C(=O)NCCOCC(=O)O.